The van der Waals surface area contributed by atoms with E-state index in [1.807, 2.05) is 30.3 Å². The predicted molar refractivity (Wildman–Crippen MR) is 109 cm³/mol. The van der Waals surface area contributed by atoms with Crippen molar-refractivity contribution in [3.05, 3.63) is 76.3 Å². The van der Waals surface area contributed by atoms with Gasteiger partial charge in [-0.25, -0.2) is 0 Å². The Bertz CT molecular complexity index is 1020. The maximum atomic E-state index is 13.8. The summed E-state index contributed by atoms with van der Waals surface area (Å²) in [5, 5.41) is 3.85. The van der Waals surface area contributed by atoms with E-state index in [9.17, 15) is 17.6 Å². The molecule has 1 N–H and O–H groups in total. The number of pyridine rings is 1. The fourth-order valence-electron chi connectivity index (χ4n) is 3.68. The minimum Gasteiger partial charge on any atom is -0.378 e. The molecule has 0 unspecified atom stereocenters. The number of rotatable bonds is 5. The molecule has 31 heavy (non-hydrogen) atoms. The summed E-state index contributed by atoms with van der Waals surface area (Å²) in [7, 11) is 0. The van der Waals surface area contributed by atoms with Crippen LogP contribution >= 0.6 is 0 Å². The predicted octanol–water partition coefficient (Wildman–Crippen LogP) is 4.50. The van der Waals surface area contributed by atoms with Crippen LogP contribution < -0.4 is 5.43 Å². The Kier molecular flexibility index (Phi) is 6.31. The Morgan fingerprint density at radius 2 is 1.65 bits per heavy atom. The minimum atomic E-state index is -1.74. The molecule has 1 aliphatic heterocycles. The van der Waals surface area contributed by atoms with E-state index in [0.29, 0.717) is 32.7 Å². The molecule has 0 amide bonds. The zero-order valence-electron chi connectivity index (χ0n) is 16.5. The molecule has 0 atom stereocenters. The second kappa shape index (κ2) is 9.30. The van der Waals surface area contributed by atoms with Crippen LogP contribution in [0.15, 0.2) is 52.3 Å². The number of allylic oxidation sites excluding steroid dienone is 2. The Morgan fingerprint density at radius 1 is 0.968 bits per heavy atom. The van der Waals surface area contributed by atoms with Crippen molar-refractivity contribution in [2.24, 2.45) is 5.10 Å². The van der Waals surface area contributed by atoms with E-state index >= 15 is 0 Å². The lowest BCUT2D eigenvalue weighted by atomic mass is 10.1. The highest BCUT2D eigenvalue weighted by Crippen LogP contribution is 2.35. The highest BCUT2D eigenvalue weighted by Gasteiger charge is 2.26. The summed E-state index contributed by atoms with van der Waals surface area (Å²) < 4.78 is 59.6. The molecular formula is C22H20F4N4O. The number of ether oxygens (including phenoxy) is 1. The lowest BCUT2D eigenvalue weighted by Crippen LogP contribution is -2.36. The number of hydrogen-bond donors (Lipinski definition) is 1. The summed E-state index contributed by atoms with van der Waals surface area (Å²) in [5.41, 5.74) is 5.09. The molecule has 0 radical (unpaired) electrons. The molecule has 1 aliphatic carbocycles. The molecule has 0 saturated carbocycles. The molecule has 5 nitrogen and oxygen atoms in total. The van der Waals surface area contributed by atoms with Crippen LogP contribution in [0.1, 0.15) is 18.4 Å². The topological polar surface area (TPSA) is 49.8 Å². The third-order valence-corrected chi connectivity index (χ3v) is 5.13. The van der Waals surface area contributed by atoms with Crippen LogP contribution in [0.3, 0.4) is 0 Å². The van der Waals surface area contributed by atoms with Gasteiger partial charge in [0.25, 0.3) is 11.9 Å². The van der Waals surface area contributed by atoms with Crippen molar-refractivity contribution in [3.63, 3.8) is 0 Å². The van der Waals surface area contributed by atoms with Crippen LogP contribution in [-0.2, 0) is 4.74 Å². The van der Waals surface area contributed by atoms with Crippen molar-refractivity contribution in [1.29, 1.82) is 0 Å². The molecular weight excluding hydrogens is 412 g/mol. The minimum absolute atomic E-state index is 0.594. The number of hydrogen-bond acceptors (Lipinski definition) is 5. The summed E-state index contributed by atoms with van der Waals surface area (Å²) in [6.45, 7) is 2.60. The number of nitrogens with zero attached hydrogens (tertiary/aromatic N) is 3. The first-order chi connectivity index (χ1) is 15.0. The molecule has 1 saturated heterocycles. The van der Waals surface area contributed by atoms with Gasteiger partial charge in [-0.05, 0) is 35.6 Å². The Morgan fingerprint density at radius 3 is 2.32 bits per heavy atom. The van der Waals surface area contributed by atoms with Crippen molar-refractivity contribution in [2.45, 2.75) is 12.8 Å². The normalized spacial score (nSPS) is 18.5. The SMILES string of the molecule is Fc1nc(F)c(F)c(N/N=C/C2=C(N3CCOCC3)C(=C\c3ccccc3)/CC2)c1F. The first-order valence-corrected chi connectivity index (χ1v) is 9.85. The molecule has 0 spiro atoms. The van der Waals surface area contributed by atoms with Crippen molar-refractivity contribution in [1.82, 2.24) is 9.88 Å². The quantitative estimate of drug-likeness (QED) is 0.327. The summed E-state index contributed by atoms with van der Waals surface area (Å²) in [5.74, 6) is -6.73. The van der Waals surface area contributed by atoms with Crippen molar-refractivity contribution in [2.75, 3.05) is 31.7 Å². The van der Waals surface area contributed by atoms with Crippen molar-refractivity contribution >= 4 is 18.0 Å². The summed E-state index contributed by atoms with van der Waals surface area (Å²) in [6, 6.07) is 9.89. The van der Waals surface area contributed by atoms with Gasteiger partial charge in [0.1, 0.15) is 5.69 Å². The fraction of sp³-hybridized carbons (Fsp3) is 0.273. The molecule has 2 aliphatic rings. The molecule has 9 heteroatoms. The summed E-state index contributed by atoms with van der Waals surface area (Å²) >= 11 is 0. The van der Waals surface area contributed by atoms with Crippen LogP contribution in [0.4, 0.5) is 23.2 Å². The van der Waals surface area contributed by atoms with E-state index in [4.69, 9.17) is 4.74 Å². The van der Waals surface area contributed by atoms with Crippen molar-refractivity contribution < 1.29 is 22.3 Å². The second-order valence-electron chi connectivity index (χ2n) is 7.12. The lowest BCUT2D eigenvalue weighted by Gasteiger charge is -2.31. The highest BCUT2D eigenvalue weighted by atomic mass is 19.2. The van der Waals surface area contributed by atoms with Crippen LogP contribution in [0.2, 0.25) is 0 Å². The highest BCUT2D eigenvalue weighted by molar-refractivity contribution is 5.84. The average molecular weight is 432 g/mol. The van der Waals surface area contributed by atoms with Crippen LogP contribution in [0.25, 0.3) is 6.08 Å². The number of aromatic nitrogens is 1. The molecule has 4 rings (SSSR count). The average Bonchev–Trinajstić information content (AvgIpc) is 3.18. The molecule has 162 valence electrons. The van der Waals surface area contributed by atoms with Crippen LogP contribution in [0, 0.1) is 23.5 Å². The largest absolute Gasteiger partial charge is 0.378 e. The van der Waals surface area contributed by atoms with Gasteiger partial charge in [-0.15, -0.1) is 0 Å². The number of nitrogens with one attached hydrogen (secondary N) is 1. The standard InChI is InChI=1S/C22H20F4N4O/c23-17-19(18(24)22(26)28-21(17)25)29-27-13-16-7-6-15(12-14-4-2-1-3-5-14)20(16)30-8-10-31-11-9-30/h1-5,12-13H,6-11H2,(H,28,29)/b15-12-,27-13+. The first kappa shape index (κ1) is 21.0. The number of anilines is 1. The van der Waals surface area contributed by atoms with Gasteiger partial charge >= 0.3 is 0 Å². The third-order valence-electron chi connectivity index (χ3n) is 5.13. The van der Waals surface area contributed by atoms with Crippen molar-refractivity contribution in [3.8, 4) is 0 Å². The van der Waals surface area contributed by atoms with Gasteiger partial charge in [0.2, 0.25) is 11.6 Å². The second-order valence-corrected chi connectivity index (χ2v) is 7.12. The van der Waals surface area contributed by atoms with E-state index in [1.54, 1.807) is 0 Å². The van der Waals surface area contributed by atoms with Gasteiger partial charge in [-0.3, -0.25) is 5.43 Å². The third kappa shape index (κ3) is 4.61. The Labute approximate surface area is 176 Å². The molecule has 0 bridgehead atoms. The van der Waals surface area contributed by atoms with E-state index in [0.717, 1.165) is 28.8 Å². The first-order valence-electron chi connectivity index (χ1n) is 9.85. The summed E-state index contributed by atoms with van der Waals surface area (Å²) in [6.07, 6.45) is 4.97. The lowest BCUT2D eigenvalue weighted by molar-refractivity contribution is 0.0548. The number of halogens is 4. The molecule has 1 fully saturated rings. The van der Waals surface area contributed by atoms with Gasteiger partial charge in [0, 0.05) is 18.8 Å². The molecule has 2 aromatic rings. The molecule has 1 aromatic carbocycles. The smallest absolute Gasteiger partial charge is 0.254 e. The van der Waals surface area contributed by atoms with Gasteiger partial charge in [-0.1, -0.05) is 30.3 Å². The Hall–Kier alpha value is -3.20. The fourth-order valence-corrected chi connectivity index (χ4v) is 3.68. The van der Waals surface area contributed by atoms with Crippen LogP contribution in [0.5, 0.6) is 0 Å². The van der Waals surface area contributed by atoms with Gasteiger partial charge in [0.15, 0.2) is 0 Å². The zero-order valence-corrected chi connectivity index (χ0v) is 16.5. The van der Waals surface area contributed by atoms with Gasteiger partial charge in [0.05, 0.1) is 19.4 Å². The zero-order chi connectivity index (χ0) is 21.8. The van der Waals surface area contributed by atoms with Gasteiger partial charge < -0.3 is 9.64 Å². The van der Waals surface area contributed by atoms with E-state index in [2.05, 4.69) is 26.5 Å². The van der Waals surface area contributed by atoms with Crippen LogP contribution in [-0.4, -0.2) is 42.4 Å². The van der Waals surface area contributed by atoms with E-state index in [1.165, 1.54) is 6.21 Å². The maximum absolute atomic E-state index is 13.8. The monoisotopic (exact) mass is 432 g/mol. The Balaban J connectivity index is 1.64. The number of benzene rings is 1. The maximum Gasteiger partial charge on any atom is 0.254 e. The molecule has 1 aromatic heterocycles. The van der Waals surface area contributed by atoms with E-state index in [-0.39, 0.29) is 0 Å². The number of hydrazone groups is 1. The molecule has 2 heterocycles. The summed E-state index contributed by atoms with van der Waals surface area (Å²) in [4.78, 5) is 4.73. The van der Waals surface area contributed by atoms with Gasteiger partial charge in [-0.2, -0.15) is 27.6 Å². The van der Waals surface area contributed by atoms with E-state index < -0.39 is 29.2 Å². The number of morpholine rings is 1.